The van der Waals surface area contributed by atoms with Crippen LogP contribution < -0.4 is 5.73 Å². The van der Waals surface area contributed by atoms with Crippen LogP contribution >= 0.6 is 0 Å². The summed E-state index contributed by atoms with van der Waals surface area (Å²) in [6.07, 6.45) is 3.49. The molecule has 0 saturated heterocycles. The number of hydrogen-bond donors (Lipinski definition) is 1. The van der Waals surface area contributed by atoms with Crippen LogP contribution in [-0.4, -0.2) is 20.2 Å². The smallest absolute Gasteiger partial charge is 0.181 e. The quantitative estimate of drug-likeness (QED) is 0.847. The zero-order chi connectivity index (χ0) is 11.6. The van der Waals surface area contributed by atoms with Crippen molar-refractivity contribution in [2.24, 2.45) is 5.73 Å². The van der Waals surface area contributed by atoms with Gasteiger partial charge in [0.2, 0.25) is 0 Å². The molecule has 1 aromatic carbocycles. The predicted octanol–water partition coefficient (Wildman–Crippen LogP) is 1.51. The first kappa shape index (κ1) is 11.6. The number of benzene rings is 1. The first-order chi connectivity index (χ1) is 7.64. The number of aryl methyl sites for hydroxylation is 1. The van der Waals surface area contributed by atoms with Crippen molar-refractivity contribution in [2.75, 3.05) is 6.54 Å². The van der Waals surface area contributed by atoms with Crippen molar-refractivity contribution in [3.05, 3.63) is 29.8 Å². The Labute approximate surface area is 96.6 Å². The summed E-state index contributed by atoms with van der Waals surface area (Å²) >= 11 is 0. The molecule has 0 bridgehead atoms. The largest absolute Gasteiger partial charge is 0.330 e. The van der Waals surface area contributed by atoms with E-state index in [2.05, 4.69) is 0 Å². The zero-order valence-corrected chi connectivity index (χ0v) is 10.0. The van der Waals surface area contributed by atoms with Crippen molar-refractivity contribution >= 4 is 9.84 Å². The lowest BCUT2D eigenvalue weighted by atomic mass is 10.1. The Bertz CT molecular complexity index is 446. The average Bonchev–Trinajstić information content (AvgIpc) is 3.11. The molecule has 1 aliphatic rings. The van der Waals surface area contributed by atoms with Crippen molar-refractivity contribution in [2.45, 2.75) is 35.8 Å². The number of rotatable bonds is 5. The lowest BCUT2D eigenvalue weighted by molar-refractivity contribution is 0.594. The van der Waals surface area contributed by atoms with E-state index in [1.807, 2.05) is 12.1 Å². The van der Waals surface area contributed by atoms with Gasteiger partial charge in [0.25, 0.3) is 0 Å². The minimum Gasteiger partial charge on any atom is -0.330 e. The third-order valence-electron chi connectivity index (χ3n) is 2.88. The number of sulfone groups is 1. The molecule has 1 aromatic rings. The highest BCUT2D eigenvalue weighted by Crippen LogP contribution is 2.33. The zero-order valence-electron chi connectivity index (χ0n) is 9.22. The van der Waals surface area contributed by atoms with Gasteiger partial charge >= 0.3 is 0 Å². The van der Waals surface area contributed by atoms with Crippen LogP contribution in [-0.2, 0) is 16.3 Å². The fourth-order valence-corrected chi connectivity index (χ4v) is 3.38. The molecule has 0 amide bonds. The molecule has 0 spiro atoms. The molecule has 0 radical (unpaired) electrons. The van der Waals surface area contributed by atoms with Crippen LogP contribution in [0.15, 0.2) is 29.2 Å². The molecule has 2 rings (SSSR count). The summed E-state index contributed by atoms with van der Waals surface area (Å²) < 4.78 is 23.8. The van der Waals surface area contributed by atoms with E-state index in [-0.39, 0.29) is 5.25 Å². The van der Waals surface area contributed by atoms with Crippen molar-refractivity contribution in [1.29, 1.82) is 0 Å². The van der Waals surface area contributed by atoms with Crippen molar-refractivity contribution in [1.82, 2.24) is 0 Å². The third-order valence-corrected chi connectivity index (χ3v) is 5.16. The molecular weight excluding hydrogens is 222 g/mol. The van der Waals surface area contributed by atoms with Gasteiger partial charge in [-0.15, -0.1) is 0 Å². The highest BCUT2D eigenvalue weighted by molar-refractivity contribution is 7.92. The van der Waals surface area contributed by atoms with E-state index in [0.29, 0.717) is 11.4 Å². The molecule has 1 fully saturated rings. The lowest BCUT2D eigenvalue weighted by Crippen LogP contribution is -2.07. The molecule has 88 valence electrons. The second kappa shape index (κ2) is 4.55. The Kier molecular flexibility index (Phi) is 3.30. The molecule has 1 aliphatic carbocycles. The first-order valence-electron chi connectivity index (χ1n) is 5.67. The summed E-state index contributed by atoms with van der Waals surface area (Å²) in [6, 6.07) is 7.23. The van der Waals surface area contributed by atoms with Gasteiger partial charge in [-0.05, 0) is 49.9 Å². The van der Waals surface area contributed by atoms with E-state index in [4.69, 9.17) is 5.73 Å². The third kappa shape index (κ3) is 2.44. The summed E-state index contributed by atoms with van der Waals surface area (Å²) in [6.45, 7) is 0.669. The van der Waals surface area contributed by atoms with Crippen LogP contribution in [0, 0.1) is 0 Å². The van der Waals surface area contributed by atoms with Crippen molar-refractivity contribution in [3.63, 3.8) is 0 Å². The Morgan fingerprint density at radius 3 is 2.31 bits per heavy atom. The molecule has 4 heteroatoms. The van der Waals surface area contributed by atoms with E-state index >= 15 is 0 Å². The Balaban J connectivity index is 2.12. The molecule has 0 heterocycles. The molecular formula is C12H17NO2S. The van der Waals surface area contributed by atoms with Crippen LogP contribution in [0.5, 0.6) is 0 Å². The molecule has 0 unspecified atom stereocenters. The SMILES string of the molecule is NCCCc1ccc(S(=O)(=O)C2CC2)cc1. The molecule has 0 aliphatic heterocycles. The van der Waals surface area contributed by atoms with Crippen molar-refractivity contribution in [3.8, 4) is 0 Å². The molecule has 0 aromatic heterocycles. The van der Waals surface area contributed by atoms with Crippen LogP contribution in [0.25, 0.3) is 0 Å². The lowest BCUT2D eigenvalue weighted by Gasteiger charge is -2.04. The summed E-state index contributed by atoms with van der Waals surface area (Å²) in [7, 11) is -3.03. The van der Waals surface area contributed by atoms with E-state index in [9.17, 15) is 8.42 Å². The summed E-state index contributed by atoms with van der Waals surface area (Å²) in [5.41, 5.74) is 6.58. The highest BCUT2D eigenvalue weighted by Gasteiger charge is 2.36. The van der Waals surface area contributed by atoms with Gasteiger partial charge in [0, 0.05) is 0 Å². The minimum atomic E-state index is -3.03. The maximum Gasteiger partial charge on any atom is 0.181 e. The normalized spacial score (nSPS) is 16.3. The molecule has 16 heavy (non-hydrogen) atoms. The van der Waals surface area contributed by atoms with Gasteiger partial charge in [0.15, 0.2) is 9.84 Å². The average molecular weight is 239 g/mol. The standard InChI is InChI=1S/C12H17NO2S/c13-9-1-2-10-3-5-11(6-4-10)16(14,15)12-7-8-12/h3-6,12H,1-2,7-9,13H2. The van der Waals surface area contributed by atoms with Gasteiger partial charge in [-0.25, -0.2) is 8.42 Å². The fraction of sp³-hybridized carbons (Fsp3) is 0.500. The summed E-state index contributed by atoms with van der Waals surface area (Å²) in [5, 5.41) is -0.123. The highest BCUT2D eigenvalue weighted by atomic mass is 32.2. The van der Waals surface area contributed by atoms with E-state index in [0.717, 1.165) is 31.2 Å². The molecule has 0 atom stereocenters. The number of nitrogens with two attached hydrogens (primary N) is 1. The molecule has 1 saturated carbocycles. The van der Waals surface area contributed by atoms with Crippen molar-refractivity contribution < 1.29 is 8.42 Å². The Morgan fingerprint density at radius 1 is 1.19 bits per heavy atom. The van der Waals surface area contributed by atoms with E-state index in [1.165, 1.54) is 0 Å². The predicted molar refractivity (Wildman–Crippen MR) is 64.0 cm³/mol. The minimum absolute atomic E-state index is 0.123. The summed E-state index contributed by atoms with van der Waals surface area (Å²) in [5.74, 6) is 0. The van der Waals surface area contributed by atoms with Crippen LogP contribution in [0.1, 0.15) is 24.8 Å². The Morgan fingerprint density at radius 2 is 1.81 bits per heavy atom. The topological polar surface area (TPSA) is 60.2 Å². The Hall–Kier alpha value is -0.870. The van der Waals surface area contributed by atoms with E-state index in [1.54, 1.807) is 12.1 Å². The van der Waals surface area contributed by atoms with Crippen LogP contribution in [0.3, 0.4) is 0 Å². The second-order valence-electron chi connectivity index (χ2n) is 4.28. The van der Waals surface area contributed by atoms with Crippen LogP contribution in [0.4, 0.5) is 0 Å². The van der Waals surface area contributed by atoms with Gasteiger partial charge in [0.1, 0.15) is 0 Å². The monoisotopic (exact) mass is 239 g/mol. The van der Waals surface area contributed by atoms with E-state index < -0.39 is 9.84 Å². The van der Waals surface area contributed by atoms with Gasteiger partial charge in [-0.3, -0.25) is 0 Å². The molecule has 2 N–H and O–H groups in total. The number of hydrogen-bond acceptors (Lipinski definition) is 3. The van der Waals surface area contributed by atoms with Gasteiger partial charge < -0.3 is 5.73 Å². The molecule has 3 nitrogen and oxygen atoms in total. The van der Waals surface area contributed by atoms with Gasteiger partial charge in [0.05, 0.1) is 10.1 Å². The maximum absolute atomic E-state index is 11.9. The van der Waals surface area contributed by atoms with Gasteiger partial charge in [-0.1, -0.05) is 12.1 Å². The maximum atomic E-state index is 11.9. The first-order valence-corrected chi connectivity index (χ1v) is 7.22. The van der Waals surface area contributed by atoms with Gasteiger partial charge in [-0.2, -0.15) is 0 Å². The summed E-state index contributed by atoms with van der Waals surface area (Å²) in [4.78, 5) is 0.464. The second-order valence-corrected chi connectivity index (χ2v) is 6.51. The van der Waals surface area contributed by atoms with Crippen LogP contribution in [0.2, 0.25) is 0 Å². The fourth-order valence-electron chi connectivity index (χ4n) is 1.72.